The monoisotopic (exact) mass is 344 g/mol. The van der Waals surface area contributed by atoms with Gasteiger partial charge in [-0.05, 0) is 41.5 Å². The van der Waals surface area contributed by atoms with E-state index < -0.39 is 0 Å². The van der Waals surface area contributed by atoms with Crippen molar-refractivity contribution >= 4 is 5.71 Å². The summed E-state index contributed by atoms with van der Waals surface area (Å²) >= 11 is 0. The van der Waals surface area contributed by atoms with E-state index in [0.717, 1.165) is 28.0 Å². The van der Waals surface area contributed by atoms with Crippen LogP contribution in [0.5, 0.6) is 5.75 Å². The van der Waals surface area contributed by atoms with Gasteiger partial charge in [0.25, 0.3) is 0 Å². The van der Waals surface area contributed by atoms with Gasteiger partial charge in [0.1, 0.15) is 5.75 Å². The second kappa shape index (κ2) is 8.77. The third-order valence-corrected chi connectivity index (χ3v) is 4.11. The first-order valence-corrected chi connectivity index (χ1v) is 8.38. The highest BCUT2D eigenvalue weighted by Crippen LogP contribution is 2.17. The average molecular weight is 344 g/mol. The number of rotatable bonds is 7. The molecule has 0 aromatic heterocycles. The molecule has 0 N–H and O–H groups in total. The van der Waals surface area contributed by atoms with Gasteiger partial charge in [0.15, 0.2) is 0 Å². The van der Waals surface area contributed by atoms with Gasteiger partial charge in [0, 0.05) is 0 Å². The summed E-state index contributed by atoms with van der Waals surface area (Å²) in [7, 11) is 1.65. The lowest BCUT2D eigenvalue weighted by Gasteiger charge is -2.08. The number of ether oxygens (including phenoxy) is 2. The van der Waals surface area contributed by atoms with Gasteiger partial charge >= 0.3 is 5.71 Å². The highest BCUT2D eigenvalue weighted by atomic mass is 16.5. The molecule has 0 fully saturated rings. The molecule has 0 radical (unpaired) electrons. The van der Waals surface area contributed by atoms with Crippen molar-refractivity contribution < 1.29 is 14.3 Å². The predicted molar refractivity (Wildman–Crippen MR) is 101 cm³/mol. The molecular weight excluding hydrogens is 324 g/mol. The molecular formula is C22H20N2O2. The van der Waals surface area contributed by atoms with Crippen molar-refractivity contribution in [3.05, 3.63) is 107 Å². The van der Waals surface area contributed by atoms with Gasteiger partial charge in [0.05, 0.1) is 31.5 Å². The minimum Gasteiger partial charge on any atom is -0.497 e. The lowest BCUT2D eigenvalue weighted by Crippen LogP contribution is -2.09. The van der Waals surface area contributed by atoms with E-state index in [4.69, 9.17) is 9.47 Å². The van der Waals surface area contributed by atoms with E-state index in [1.807, 2.05) is 78.9 Å². The fraction of sp³-hybridized carbons (Fsp3) is 0.136. The van der Waals surface area contributed by atoms with Crippen molar-refractivity contribution in [2.45, 2.75) is 13.2 Å². The van der Waals surface area contributed by atoms with E-state index in [1.54, 1.807) is 7.11 Å². The van der Waals surface area contributed by atoms with Gasteiger partial charge in [0.2, 0.25) is 0 Å². The molecule has 0 aliphatic heterocycles. The number of methoxy groups -OCH3 is 1. The smallest absolute Gasteiger partial charge is 0.330 e. The largest absolute Gasteiger partial charge is 0.497 e. The molecule has 3 aromatic rings. The SMILES string of the molecule is COc1ccc(COCc2ccccc2C(=[N+]=[N-])c2ccccc2)cc1. The number of benzene rings is 3. The predicted octanol–water partition coefficient (Wildman–Crippen LogP) is 4.48. The summed E-state index contributed by atoms with van der Waals surface area (Å²) in [6, 6.07) is 25.2. The van der Waals surface area contributed by atoms with Crippen LogP contribution in [0.25, 0.3) is 5.53 Å². The molecule has 0 heterocycles. The molecule has 0 atom stereocenters. The molecule has 0 bridgehead atoms. The van der Waals surface area contributed by atoms with Crippen molar-refractivity contribution in [2.24, 2.45) is 0 Å². The highest BCUT2D eigenvalue weighted by molar-refractivity contribution is 6.10. The van der Waals surface area contributed by atoms with Gasteiger partial charge < -0.3 is 15.0 Å². The summed E-state index contributed by atoms with van der Waals surface area (Å²) in [4.78, 5) is 3.52. The maximum Gasteiger partial charge on any atom is 0.330 e. The Morgan fingerprint density at radius 1 is 0.846 bits per heavy atom. The Hall–Kier alpha value is -3.20. The molecule has 3 aromatic carbocycles. The van der Waals surface area contributed by atoms with Gasteiger partial charge in [-0.1, -0.05) is 48.5 Å². The quantitative estimate of drug-likeness (QED) is 0.360. The maximum atomic E-state index is 9.55. The molecule has 3 rings (SSSR count). The zero-order valence-corrected chi connectivity index (χ0v) is 14.6. The number of nitrogens with zero attached hydrogens (tertiary/aromatic N) is 2. The summed E-state index contributed by atoms with van der Waals surface area (Å²) < 4.78 is 11.0. The van der Waals surface area contributed by atoms with Crippen molar-refractivity contribution in [3.8, 4) is 5.75 Å². The molecule has 0 spiro atoms. The number of hydrogen-bond donors (Lipinski definition) is 0. The van der Waals surface area contributed by atoms with Crippen LogP contribution >= 0.6 is 0 Å². The Morgan fingerprint density at radius 2 is 1.54 bits per heavy atom. The van der Waals surface area contributed by atoms with Gasteiger partial charge in [-0.2, -0.15) is 4.79 Å². The van der Waals surface area contributed by atoms with Crippen LogP contribution in [0.1, 0.15) is 22.3 Å². The van der Waals surface area contributed by atoms with Crippen LogP contribution < -0.4 is 4.74 Å². The van der Waals surface area contributed by atoms with E-state index in [9.17, 15) is 5.53 Å². The summed E-state index contributed by atoms with van der Waals surface area (Å²) in [5.41, 5.74) is 13.8. The normalized spacial score (nSPS) is 10.2. The first kappa shape index (κ1) is 17.6. The molecule has 0 amide bonds. The Kier molecular flexibility index (Phi) is 5.94. The molecule has 26 heavy (non-hydrogen) atoms. The summed E-state index contributed by atoms with van der Waals surface area (Å²) in [6.07, 6.45) is 0. The molecule has 0 aliphatic carbocycles. The van der Waals surface area contributed by atoms with Crippen molar-refractivity contribution in [1.82, 2.24) is 0 Å². The maximum absolute atomic E-state index is 9.55. The molecule has 0 aliphatic rings. The minimum absolute atomic E-state index is 0.425. The average Bonchev–Trinajstić information content (AvgIpc) is 2.71. The van der Waals surface area contributed by atoms with Crippen molar-refractivity contribution in [2.75, 3.05) is 7.11 Å². The van der Waals surface area contributed by atoms with Crippen LogP contribution in [0.2, 0.25) is 0 Å². The molecule has 0 saturated carbocycles. The fourth-order valence-electron chi connectivity index (χ4n) is 2.74. The zero-order valence-electron chi connectivity index (χ0n) is 14.6. The van der Waals surface area contributed by atoms with Crippen molar-refractivity contribution in [3.63, 3.8) is 0 Å². The minimum atomic E-state index is 0.425. The van der Waals surface area contributed by atoms with Gasteiger partial charge in [-0.15, -0.1) is 0 Å². The third kappa shape index (κ3) is 4.25. The van der Waals surface area contributed by atoms with Gasteiger partial charge in [-0.25, -0.2) is 0 Å². The lowest BCUT2D eigenvalue weighted by molar-refractivity contribution is -0.00304. The zero-order chi connectivity index (χ0) is 18.2. The first-order chi connectivity index (χ1) is 12.8. The Morgan fingerprint density at radius 3 is 2.23 bits per heavy atom. The van der Waals surface area contributed by atoms with Crippen LogP contribution in [0.4, 0.5) is 0 Å². The fourth-order valence-corrected chi connectivity index (χ4v) is 2.74. The molecule has 4 heteroatoms. The van der Waals surface area contributed by atoms with E-state index in [-0.39, 0.29) is 0 Å². The van der Waals surface area contributed by atoms with Crippen LogP contribution in [-0.2, 0) is 18.0 Å². The summed E-state index contributed by atoms with van der Waals surface area (Å²) in [5.74, 6) is 0.825. The Labute approximate surface area is 153 Å². The summed E-state index contributed by atoms with van der Waals surface area (Å²) in [6.45, 7) is 0.920. The molecule has 4 nitrogen and oxygen atoms in total. The lowest BCUT2D eigenvalue weighted by atomic mass is 9.98. The summed E-state index contributed by atoms with van der Waals surface area (Å²) in [5, 5.41) is 0. The Bertz CT molecular complexity index is 899. The second-order valence-electron chi connectivity index (χ2n) is 5.81. The van der Waals surface area contributed by atoms with E-state index >= 15 is 0 Å². The van der Waals surface area contributed by atoms with Crippen LogP contribution in [0.15, 0.2) is 78.9 Å². The van der Waals surface area contributed by atoms with Crippen molar-refractivity contribution in [1.29, 1.82) is 0 Å². The van der Waals surface area contributed by atoms with E-state index in [1.165, 1.54) is 0 Å². The Balaban J connectivity index is 1.73. The van der Waals surface area contributed by atoms with E-state index in [2.05, 4.69) is 4.79 Å². The standard InChI is InChI=1S/C22H20N2O2/c1-25-20-13-11-17(12-14-20)15-26-16-19-9-5-6-10-21(19)22(24-23)18-7-3-2-4-8-18/h2-14H,15-16H2,1H3. The van der Waals surface area contributed by atoms with Crippen LogP contribution in [0, 0.1) is 0 Å². The van der Waals surface area contributed by atoms with Gasteiger partial charge in [-0.3, -0.25) is 0 Å². The highest BCUT2D eigenvalue weighted by Gasteiger charge is 2.18. The molecule has 0 saturated heterocycles. The number of hydrogen-bond acceptors (Lipinski definition) is 2. The second-order valence-corrected chi connectivity index (χ2v) is 5.81. The molecule has 0 unspecified atom stereocenters. The first-order valence-electron chi connectivity index (χ1n) is 8.38. The van der Waals surface area contributed by atoms with Crippen LogP contribution in [0.3, 0.4) is 0 Å². The molecule has 130 valence electrons. The van der Waals surface area contributed by atoms with Crippen LogP contribution in [-0.4, -0.2) is 17.6 Å². The topological polar surface area (TPSA) is 54.9 Å². The third-order valence-electron chi connectivity index (χ3n) is 4.11. The van der Waals surface area contributed by atoms with E-state index in [0.29, 0.717) is 18.9 Å².